The number of hydrogen-bond donors (Lipinski definition) is 4. The SMILES string of the molecule is Cc1ccc([C@@H]2O[C@H](CO)[C@@H](O)[C@H](O)[C@H]2O)cc1Cc1ccc2c(c1)OCCCO2. The maximum absolute atomic E-state index is 10.4. The minimum absolute atomic E-state index is 0.447. The van der Waals surface area contributed by atoms with E-state index in [-0.39, 0.29) is 0 Å². The summed E-state index contributed by atoms with van der Waals surface area (Å²) in [4.78, 5) is 0. The first-order valence-corrected chi connectivity index (χ1v) is 10.3. The van der Waals surface area contributed by atoms with Crippen LogP contribution in [0.2, 0.25) is 0 Å². The van der Waals surface area contributed by atoms with Gasteiger partial charge in [0.25, 0.3) is 0 Å². The molecule has 1 saturated heterocycles. The normalized spacial score (nSPS) is 28.8. The Morgan fingerprint density at radius 1 is 0.900 bits per heavy atom. The lowest BCUT2D eigenvalue weighted by Crippen LogP contribution is -2.55. The molecular formula is C23H28O7. The minimum atomic E-state index is -1.40. The lowest BCUT2D eigenvalue weighted by molar-refractivity contribution is -0.231. The Kier molecular flexibility index (Phi) is 6.26. The zero-order valence-corrected chi connectivity index (χ0v) is 16.9. The van der Waals surface area contributed by atoms with Crippen LogP contribution < -0.4 is 9.47 Å². The summed E-state index contributed by atoms with van der Waals surface area (Å²) >= 11 is 0. The number of ether oxygens (including phenoxy) is 3. The molecule has 0 bridgehead atoms. The van der Waals surface area contributed by atoms with Gasteiger partial charge >= 0.3 is 0 Å². The van der Waals surface area contributed by atoms with Crippen molar-refractivity contribution in [2.75, 3.05) is 19.8 Å². The molecule has 2 heterocycles. The lowest BCUT2D eigenvalue weighted by atomic mass is 9.89. The van der Waals surface area contributed by atoms with E-state index < -0.39 is 37.1 Å². The molecule has 0 aliphatic carbocycles. The van der Waals surface area contributed by atoms with E-state index in [1.54, 1.807) is 0 Å². The number of benzene rings is 2. The van der Waals surface area contributed by atoms with Crippen molar-refractivity contribution in [1.29, 1.82) is 0 Å². The Labute approximate surface area is 175 Å². The summed E-state index contributed by atoms with van der Waals surface area (Å²) in [6.07, 6.45) is -4.34. The molecule has 2 aliphatic heterocycles. The molecule has 0 radical (unpaired) electrons. The average Bonchev–Trinajstić information content (AvgIpc) is 2.99. The fourth-order valence-electron chi connectivity index (χ4n) is 3.97. The first kappa shape index (κ1) is 21.1. The topological polar surface area (TPSA) is 109 Å². The predicted molar refractivity (Wildman–Crippen MR) is 109 cm³/mol. The molecule has 0 spiro atoms. The second-order valence-electron chi connectivity index (χ2n) is 7.94. The van der Waals surface area contributed by atoms with Crippen LogP contribution >= 0.6 is 0 Å². The Morgan fingerprint density at radius 2 is 1.67 bits per heavy atom. The summed E-state index contributed by atoms with van der Waals surface area (Å²) in [5.74, 6) is 1.50. The van der Waals surface area contributed by atoms with Crippen molar-refractivity contribution in [2.45, 2.75) is 50.3 Å². The third kappa shape index (κ3) is 4.17. The van der Waals surface area contributed by atoms with Gasteiger partial charge in [-0.15, -0.1) is 0 Å². The second kappa shape index (κ2) is 8.91. The van der Waals surface area contributed by atoms with E-state index in [1.165, 1.54) is 0 Å². The Bertz CT molecular complexity index is 882. The minimum Gasteiger partial charge on any atom is -0.490 e. The Morgan fingerprint density at radius 3 is 2.43 bits per heavy atom. The molecule has 0 unspecified atom stereocenters. The molecule has 0 amide bonds. The van der Waals surface area contributed by atoms with Crippen LogP contribution in [0.15, 0.2) is 36.4 Å². The summed E-state index contributed by atoms with van der Waals surface area (Å²) in [6.45, 7) is 2.83. The van der Waals surface area contributed by atoms with Crippen molar-refractivity contribution < 1.29 is 34.6 Å². The highest BCUT2D eigenvalue weighted by Crippen LogP contribution is 2.35. The molecule has 4 N–H and O–H groups in total. The van der Waals surface area contributed by atoms with E-state index >= 15 is 0 Å². The number of aryl methyl sites for hydroxylation is 1. The maximum atomic E-state index is 10.4. The van der Waals surface area contributed by atoms with Crippen LogP contribution in [-0.2, 0) is 11.2 Å². The molecule has 0 saturated carbocycles. The molecular weight excluding hydrogens is 388 g/mol. The van der Waals surface area contributed by atoms with Crippen molar-refractivity contribution in [1.82, 2.24) is 0 Å². The van der Waals surface area contributed by atoms with Gasteiger partial charge in [-0.3, -0.25) is 0 Å². The second-order valence-corrected chi connectivity index (χ2v) is 7.94. The summed E-state index contributed by atoms with van der Waals surface area (Å²) in [5, 5.41) is 40.0. The molecule has 7 heteroatoms. The highest BCUT2D eigenvalue weighted by molar-refractivity contribution is 5.45. The van der Waals surface area contributed by atoms with Gasteiger partial charge in [-0.1, -0.05) is 24.3 Å². The first-order chi connectivity index (χ1) is 14.5. The highest BCUT2D eigenvalue weighted by atomic mass is 16.5. The van der Waals surface area contributed by atoms with E-state index in [0.717, 1.165) is 34.6 Å². The van der Waals surface area contributed by atoms with Crippen molar-refractivity contribution in [3.8, 4) is 11.5 Å². The first-order valence-electron chi connectivity index (χ1n) is 10.3. The monoisotopic (exact) mass is 416 g/mol. The van der Waals surface area contributed by atoms with Gasteiger partial charge in [-0.2, -0.15) is 0 Å². The van der Waals surface area contributed by atoms with E-state index in [2.05, 4.69) is 0 Å². The molecule has 4 rings (SSSR count). The number of hydrogen-bond acceptors (Lipinski definition) is 7. The van der Waals surface area contributed by atoms with Crippen molar-refractivity contribution >= 4 is 0 Å². The Balaban J connectivity index is 1.59. The quantitative estimate of drug-likeness (QED) is 0.594. The molecule has 30 heavy (non-hydrogen) atoms. The molecule has 0 aromatic heterocycles. The average molecular weight is 416 g/mol. The van der Waals surface area contributed by atoms with Crippen LogP contribution in [0.25, 0.3) is 0 Å². The lowest BCUT2D eigenvalue weighted by Gasteiger charge is -2.40. The largest absolute Gasteiger partial charge is 0.490 e. The van der Waals surface area contributed by atoms with Crippen molar-refractivity contribution in [3.05, 3.63) is 58.7 Å². The van der Waals surface area contributed by atoms with E-state index in [4.69, 9.17) is 14.2 Å². The van der Waals surface area contributed by atoms with Gasteiger partial charge in [0, 0.05) is 6.42 Å². The van der Waals surface area contributed by atoms with Crippen LogP contribution in [0.5, 0.6) is 11.5 Å². The number of aliphatic hydroxyl groups excluding tert-OH is 4. The van der Waals surface area contributed by atoms with E-state index in [0.29, 0.717) is 25.2 Å². The van der Waals surface area contributed by atoms with Gasteiger partial charge in [0.05, 0.1) is 19.8 Å². The number of rotatable bonds is 4. The Hall–Kier alpha value is -2.16. The van der Waals surface area contributed by atoms with Crippen LogP contribution in [-0.4, -0.2) is 64.7 Å². The predicted octanol–water partition coefficient (Wildman–Crippen LogP) is 1.26. The summed E-state index contributed by atoms with van der Waals surface area (Å²) in [7, 11) is 0. The maximum Gasteiger partial charge on any atom is 0.161 e. The molecule has 1 fully saturated rings. The third-order valence-electron chi connectivity index (χ3n) is 5.80. The van der Waals surface area contributed by atoms with Crippen LogP contribution in [0.3, 0.4) is 0 Å². The van der Waals surface area contributed by atoms with E-state index in [1.807, 2.05) is 43.3 Å². The summed E-state index contributed by atoms with van der Waals surface area (Å²) in [5.41, 5.74) is 3.87. The summed E-state index contributed by atoms with van der Waals surface area (Å²) in [6, 6.07) is 11.6. The molecule has 5 atom stereocenters. The fraction of sp³-hybridized carbons (Fsp3) is 0.478. The molecule has 2 aliphatic rings. The van der Waals surface area contributed by atoms with Gasteiger partial charge in [0.1, 0.15) is 30.5 Å². The van der Waals surface area contributed by atoms with Crippen molar-refractivity contribution in [3.63, 3.8) is 0 Å². The molecule has 2 aromatic carbocycles. The van der Waals surface area contributed by atoms with Crippen molar-refractivity contribution in [2.24, 2.45) is 0 Å². The van der Waals surface area contributed by atoms with Gasteiger partial charge in [0.15, 0.2) is 11.5 Å². The number of aliphatic hydroxyl groups is 4. The van der Waals surface area contributed by atoms with Gasteiger partial charge in [-0.05, 0) is 47.7 Å². The number of fused-ring (bicyclic) bond motifs is 1. The fourth-order valence-corrected chi connectivity index (χ4v) is 3.97. The van der Waals surface area contributed by atoms with Gasteiger partial charge in [0.2, 0.25) is 0 Å². The third-order valence-corrected chi connectivity index (χ3v) is 5.80. The zero-order chi connectivity index (χ0) is 21.3. The van der Waals surface area contributed by atoms with Gasteiger partial charge < -0.3 is 34.6 Å². The standard InChI is InChI=1S/C23H28O7/c1-13-3-5-15(23-22(27)21(26)20(25)19(12-24)30-23)11-16(13)9-14-4-6-17-18(10-14)29-8-2-7-28-17/h3-6,10-11,19-27H,2,7-9,12H2,1H3/t19-,20-,21+,22-,23+/m1/s1. The molecule has 2 aromatic rings. The van der Waals surface area contributed by atoms with Crippen LogP contribution in [0, 0.1) is 6.92 Å². The van der Waals surface area contributed by atoms with Gasteiger partial charge in [-0.25, -0.2) is 0 Å². The molecule has 162 valence electrons. The van der Waals surface area contributed by atoms with E-state index in [9.17, 15) is 20.4 Å². The zero-order valence-electron chi connectivity index (χ0n) is 16.9. The van der Waals surface area contributed by atoms with Crippen LogP contribution in [0.1, 0.15) is 34.8 Å². The molecule has 7 nitrogen and oxygen atoms in total. The summed E-state index contributed by atoms with van der Waals surface area (Å²) < 4.78 is 17.2. The smallest absolute Gasteiger partial charge is 0.161 e. The highest BCUT2D eigenvalue weighted by Gasteiger charge is 2.43. The van der Waals surface area contributed by atoms with Crippen LogP contribution in [0.4, 0.5) is 0 Å².